The lowest BCUT2D eigenvalue weighted by atomic mass is 9.97. The highest BCUT2D eigenvalue weighted by molar-refractivity contribution is 7.18. The number of aromatic amines is 1. The predicted octanol–water partition coefficient (Wildman–Crippen LogP) is 6.65. The summed E-state index contributed by atoms with van der Waals surface area (Å²) >= 11 is 1.86. The zero-order valence-electron chi connectivity index (χ0n) is 16.9. The molecule has 0 atom stereocenters. The van der Waals surface area contributed by atoms with Gasteiger partial charge in [-0.15, -0.1) is 11.3 Å². The van der Waals surface area contributed by atoms with Crippen LogP contribution in [0.3, 0.4) is 0 Å². The Morgan fingerprint density at radius 2 is 1.67 bits per heavy atom. The number of nitrogens with one attached hydrogen (secondary N) is 1. The lowest BCUT2D eigenvalue weighted by molar-refractivity contribution is 0.257. The third kappa shape index (κ3) is 3.06. The zero-order chi connectivity index (χ0) is 19.9. The molecule has 148 valence electrons. The second-order valence-corrected chi connectivity index (χ2v) is 9.13. The van der Waals surface area contributed by atoms with Crippen LogP contribution in [0, 0.1) is 0 Å². The molecule has 3 aromatic carbocycles. The minimum atomic E-state index is 1.03. The first-order valence-electron chi connectivity index (χ1n) is 10.7. The van der Waals surface area contributed by atoms with Gasteiger partial charge in [0.1, 0.15) is 0 Å². The van der Waals surface area contributed by atoms with Crippen molar-refractivity contribution in [2.75, 3.05) is 13.1 Å². The molecule has 5 aromatic rings. The van der Waals surface area contributed by atoms with Gasteiger partial charge < -0.3 is 4.98 Å². The number of thiophene rings is 1. The fourth-order valence-electron chi connectivity index (χ4n) is 4.85. The van der Waals surface area contributed by atoms with Crippen molar-refractivity contribution < 1.29 is 0 Å². The topological polar surface area (TPSA) is 19.0 Å². The highest BCUT2D eigenvalue weighted by Gasteiger charge is 2.23. The van der Waals surface area contributed by atoms with Gasteiger partial charge >= 0.3 is 0 Å². The monoisotopic (exact) mass is 408 g/mol. The average Bonchev–Trinajstić information content (AvgIpc) is 3.39. The molecule has 0 bridgehead atoms. The highest BCUT2D eigenvalue weighted by atomic mass is 32.1. The van der Waals surface area contributed by atoms with Gasteiger partial charge in [-0.05, 0) is 40.6 Å². The second-order valence-electron chi connectivity index (χ2n) is 8.22. The summed E-state index contributed by atoms with van der Waals surface area (Å²) in [6.07, 6.45) is 2.22. The zero-order valence-corrected chi connectivity index (χ0v) is 17.7. The molecule has 0 saturated carbocycles. The Morgan fingerprint density at radius 3 is 2.50 bits per heavy atom. The molecule has 0 amide bonds. The average molecular weight is 409 g/mol. The fourth-order valence-corrected chi connectivity index (χ4v) is 5.83. The number of rotatable bonds is 4. The predicted molar refractivity (Wildman–Crippen MR) is 128 cm³/mol. The normalized spacial score (nSPS) is 14.4. The third-order valence-electron chi connectivity index (χ3n) is 6.40. The quantitative estimate of drug-likeness (QED) is 0.353. The van der Waals surface area contributed by atoms with E-state index in [-0.39, 0.29) is 0 Å². The SMILES string of the molecule is c1ccc(CCN2CCc3[nH]c4ccc5scc(-c6ccccc6)c5c4c3C2)cc1. The largest absolute Gasteiger partial charge is 0.358 e. The molecule has 0 aliphatic carbocycles. The molecule has 6 rings (SSSR count). The molecular formula is C27H24N2S. The first kappa shape index (κ1) is 17.9. The van der Waals surface area contributed by atoms with Gasteiger partial charge in [0.15, 0.2) is 0 Å². The standard InChI is InChI=1S/C27H24N2S/c1-3-7-19(8-4-1)13-15-29-16-14-23-21(17-29)26-24(28-23)11-12-25-27(26)22(18-30-25)20-9-5-2-6-10-20/h1-12,18,28H,13-17H2. The van der Waals surface area contributed by atoms with E-state index in [1.807, 2.05) is 11.3 Å². The van der Waals surface area contributed by atoms with Crippen molar-refractivity contribution in [3.63, 3.8) is 0 Å². The van der Waals surface area contributed by atoms with Crippen LogP contribution in [0.1, 0.15) is 16.8 Å². The Hall–Kier alpha value is -2.88. The molecule has 0 saturated heterocycles. The number of hydrogen-bond acceptors (Lipinski definition) is 2. The maximum Gasteiger partial charge on any atom is 0.0466 e. The fraction of sp³-hybridized carbons (Fsp3) is 0.185. The van der Waals surface area contributed by atoms with Crippen molar-refractivity contribution in [2.45, 2.75) is 19.4 Å². The molecule has 3 heterocycles. The van der Waals surface area contributed by atoms with Crippen molar-refractivity contribution in [2.24, 2.45) is 0 Å². The Bertz CT molecular complexity index is 1320. The summed E-state index contributed by atoms with van der Waals surface area (Å²) in [7, 11) is 0. The van der Waals surface area contributed by atoms with Gasteiger partial charge in [-0.3, -0.25) is 4.90 Å². The second kappa shape index (κ2) is 7.42. The molecule has 2 aromatic heterocycles. The summed E-state index contributed by atoms with van der Waals surface area (Å²) in [6, 6.07) is 26.2. The lowest BCUT2D eigenvalue weighted by Crippen LogP contribution is -2.32. The molecule has 1 N–H and O–H groups in total. The maximum absolute atomic E-state index is 3.75. The molecule has 0 unspecified atom stereocenters. The molecule has 0 fully saturated rings. The van der Waals surface area contributed by atoms with Gasteiger partial charge in [0.2, 0.25) is 0 Å². The van der Waals surface area contributed by atoms with E-state index < -0.39 is 0 Å². The molecule has 1 aliphatic rings. The van der Waals surface area contributed by atoms with Gasteiger partial charge in [-0.25, -0.2) is 0 Å². The van der Waals surface area contributed by atoms with E-state index in [4.69, 9.17) is 0 Å². The van der Waals surface area contributed by atoms with Crippen molar-refractivity contribution >= 4 is 32.3 Å². The van der Waals surface area contributed by atoms with Crippen LogP contribution in [-0.4, -0.2) is 23.0 Å². The molecule has 3 heteroatoms. The van der Waals surface area contributed by atoms with Crippen molar-refractivity contribution in [3.05, 3.63) is 95.0 Å². The smallest absolute Gasteiger partial charge is 0.0466 e. The van der Waals surface area contributed by atoms with Crippen LogP contribution >= 0.6 is 11.3 Å². The highest BCUT2D eigenvalue weighted by Crippen LogP contribution is 2.41. The van der Waals surface area contributed by atoms with E-state index in [1.165, 1.54) is 48.9 Å². The van der Waals surface area contributed by atoms with E-state index in [2.05, 4.69) is 88.1 Å². The minimum absolute atomic E-state index is 1.03. The number of aromatic nitrogens is 1. The van der Waals surface area contributed by atoms with Crippen LogP contribution in [0.4, 0.5) is 0 Å². The number of fused-ring (bicyclic) bond motifs is 5. The van der Waals surface area contributed by atoms with Crippen LogP contribution in [0.2, 0.25) is 0 Å². The third-order valence-corrected chi connectivity index (χ3v) is 7.34. The van der Waals surface area contributed by atoms with Crippen LogP contribution in [-0.2, 0) is 19.4 Å². The van der Waals surface area contributed by atoms with Gasteiger partial charge in [-0.2, -0.15) is 0 Å². The first-order valence-corrected chi connectivity index (χ1v) is 11.6. The Labute approximate surface area is 180 Å². The molecule has 2 nitrogen and oxygen atoms in total. The summed E-state index contributed by atoms with van der Waals surface area (Å²) in [5.74, 6) is 0. The number of benzene rings is 3. The summed E-state index contributed by atoms with van der Waals surface area (Å²) < 4.78 is 1.38. The Kier molecular flexibility index (Phi) is 4.44. The van der Waals surface area contributed by atoms with Crippen LogP contribution in [0.25, 0.3) is 32.1 Å². The van der Waals surface area contributed by atoms with E-state index in [1.54, 1.807) is 0 Å². The molecule has 30 heavy (non-hydrogen) atoms. The van der Waals surface area contributed by atoms with E-state index in [0.717, 1.165) is 32.5 Å². The Balaban J connectivity index is 1.41. The molecular weight excluding hydrogens is 384 g/mol. The lowest BCUT2D eigenvalue weighted by Gasteiger charge is -2.27. The van der Waals surface area contributed by atoms with E-state index >= 15 is 0 Å². The number of nitrogens with zero attached hydrogens (tertiary/aromatic N) is 1. The van der Waals surface area contributed by atoms with E-state index in [9.17, 15) is 0 Å². The molecule has 0 spiro atoms. The van der Waals surface area contributed by atoms with Crippen molar-refractivity contribution in [1.29, 1.82) is 0 Å². The molecule has 0 radical (unpaired) electrons. The first-order chi connectivity index (χ1) is 14.9. The van der Waals surface area contributed by atoms with E-state index in [0.29, 0.717) is 0 Å². The van der Waals surface area contributed by atoms with Crippen LogP contribution < -0.4 is 0 Å². The van der Waals surface area contributed by atoms with Crippen molar-refractivity contribution in [1.82, 2.24) is 9.88 Å². The minimum Gasteiger partial charge on any atom is -0.358 e. The summed E-state index contributed by atoms with van der Waals surface area (Å²) in [4.78, 5) is 6.37. The summed E-state index contributed by atoms with van der Waals surface area (Å²) in [6.45, 7) is 3.28. The van der Waals surface area contributed by atoms with Gasteiger partial charge in [0.05, 0.1) is 0 Å². The van der Waals surface area contributed by atoms with Gasteiger partial charge in [-0.1, -0.05) is 60.7 Å². The summed E-state index contributed by atoms with van der Waals surface area (Å²) in [5.41, 5.74) is 8.32. The van der Waals surface area contributed by atoms with Crippen LogP contribution in [0.15, 0.2) is 78.2 Å². The van der Waals surface area contributed by atoms with Gasteiger partial charge in [0, 0.05) is 58.3 Å². The maximum atomic E-state index is 3.75. The van der Waals surface area contributed by atoms with Crippen LogP contribution in [0.5, 0.6) is 0 Å². The Morgan fingerprint density at radius 1 is 0.867 bits per heavy atom. The molecule has 1 aliphatic heterocycles. The van der Waals surface area contributed by atoms with Crippen molar-refractivity contribution in [3.8, 4) is 11.1 Å². The number of hydrogen-bond donors (Lipinski definition) is 1. The number of H-pyrrole nitrogens is 1. The summed E-state index contributed by atoms with van der Waals surface area (Å²) in [5, 5.41) is 5.19. The van der Waals surface area contributed by atoms with Gasteiger partial charge in [0.25, 0.3) is 0 Å².